The van der Waals surface area contributed by atoms with Crippen molar-refractivity contribution >= 4 is 17.7 Å². The van der Waals surface area contributed by atoms with Gasteiger partial charge in [0.25, 0.3) is 5.91 Å². The number of methoxy groups -OCH3 is 1. The molecule has 0 bridgehead atoms. The van der Waals surface area contributed by atoms with Crippen LogP contribution in [0.25, 0.3) is 0 Å². The van der Waals surface area contributed by atoms with Crippen molar-refractivity contribution in [3.63, 3.8) is 0 Å². The van der Waals surface area contributed by atoms with Gasteiger partial charge < -0.3 is 19.1 Å². The van der Waals surface area contributed by atoms with Crippen LogP contribution in [0, 0.1) is 0 Å². The predicted molar refractivity (Wildman–Crippen MR) is 112 cm³/mol. The molecule has 7 heteroatoms. The van der Waals surface area contributed by atoms with Crippen LogP contribution in [-0.2, 0) is 14.3 Å². The van der Waals surface area contributed by atoms with E-state index in [2.05, 4.69) is 0 Å². The standard InChI is InChI=1S/C23H27NO6/c1-5-24(6-2)23(27)22(17-10-8-7-9-11-17)30-21(26)15-29-19-13-12-18(16(3)25)14-20(19)28-4/h7-14,22H,5-6,15H2,1-4H3/t22-/m0/s1. The van der Waals surface area contributed by atoms with Gasteiger partial charge in [-0.05, 0) is 39.0 Å². The Morgan fingerprint density at radius 1 is 0.967 bits per heavy atom. The lowest BCUT2D eigenvalue weighted by molar-refractivity contribution is -0.162. The van der Waals surface area contributed by atoms with Crippen molar-refractivity contribution in [2.75, 3.05) is 26.8 Å². The number of esters is 1. The molecule has 0 heterocycles. The zero-order chi connectivity index (χ0) is 22.1. The third-order valence-electron chi connectivity index (χ3n) is 4.57. The molecule has 0 spiro atoms. The van der Waals surface area contributed by atoms with E-state index in [9.17, 15) is 14.4 Å². The van der Waals surface area contributed by atoms with Gasteiger partial charge in [0.15, 0.2) is 23.9 Å². The number of carbonyl (C=O) groups is 3. The Morgan fingerprint density at radius 3 is 2.20 bits per heavy atom. The van der Waals surface area contributed by atoms with Gasteiger partial charge in [-0.1, -0.05) is 30.3 Å². The molecule has 0 fully saturated rings. The van der Waals surface area contributed by atoms with E-state index in [1.807, 2.05) is 19.9 Å². The van der Waals surface area contributed by atoms with Crippen molar-refractivity contribution in [1.29, 1.82) is 0 Å². The summed E-state index contributed by atoms with van der Waals surface area (Å²) in [7, 11) is 1.44. The van der Waals surface area contributed by atoms with Gasteiger partial charge in [-0.15, -0.1) is 0 Å². The lowest BCUT2D eigenvalue weighted by Gasteiger charge is -2.25. The summed E-state index contributed by atoms with van der Waals surface area (Å²) in [6, 6.07) is 13.5. The first-order chi connectivity index (χ1) is 14.4. The molecule has 1 atom stereocenters. The highest BCUT2D eigenvalue weighted by Gasteiger charge is 2.28. The van der Waals surface area contributed by atoms with Gasteiger partial charge in [0, 0.05) is 24.2 Å². The van der Waals surface area contributed by atoms with Crippen LogP contribution in [0.2, 0.25) is 0 Å². The lowest BCUT2D eigenvalue weighted by atomic mass is 10.1. The summed E-state index contributed by atoms with van der Waals surface area (Å²) in [5, 5.41) is 0. The smallest absolute Gasteiger partial charge is 0.345 e. The van der Waals surface area contributed by atoms with E-state index in [0.29, 0.717) is 35.7 Å². The predicted octanol–water partition coefficient (Wildman–Crippen LogP) is 3.43. The maximum Gasteiger partial charge on any atom is 0.345 e. The minimum Gasteiger partial charge on any atom is -0.493 e. The molecule has 0 radical (unpaired) electrons. The van der Waals surface area contributed by atoms with E-state index in [0.717, 1.165) is 0 Å². The van der Waals surface area contributed by atoms with E-state index >= 15 is 0 Å². The number of rotatable bonds is 10. The molecule has 1 amide bonds. The topological polar surface area (TPSA) is 82.1 Å². The van der Waals surface area contributed by atoms with Gasteiger partial charge in [-0.25, -0.2) is 4.79 Å². The molecule has 0 aromatic heterocycles. The Bertz CT molecular complexity index is 877. The Morgan fingerprint density at radius 2 is 1.63 bits per heavy atom. The van der Waals surface area contributed by atoms with Gasteiger partial charge in [0.2, 0.25) is 6.10 Å². The highest BCUT2D eigenvalue weighted by Crippen LogP contribution is 2.28. The monoisotopic (exact) mass is 413 g/mol. The summed E-state index contributed by atoms with van der Waals surface area (Å²) in [6.07, 6.45) is -1.05. The first-order valence-electron chi connectivity index (χ1n) is 9.76. The summed E-state index contributed by atoms with van der Waals surface area (Å²) >= 11 is 0. The Hall–Kier alpha value is -3.35. The number of hydrogen-bond acceptors (Lipinski definition) is 6. The molecule has 30 heavy (non-hydrogen) atoms. The van der Waals surface area contributed by atoms with Crippen LogP contribution in [0.3, 0.4) is 0 Å². The number of nitrogens with zero attached hydrogens (tertiary/aromatic N) is 1. The van der Waals surface area contributed by atoms with E-state index in [1.54, 1.807) is 47.4 Å². The summed E-state index contributed by atoms with van der Waals surface area (Å²) in [5.41, 5.74) is 1.06. The maximum absolute atomic E-state index is 12.9. The van der Waals surface area contributed by atoms with Crippen LogP contribution in [0.5, 0.6) is 11.5 Å². The SMILES string of the molecule is CCN(CC)C(=O)[C@@H](OC(=O)COc1ccc(C(C)=O)cc1OC)c1ccccc1. The van der Waals surface area contributed by atoms with Crippen LogP contribution >= 0.6 is 0 Å². The van der Waals surface area contributed by atoms with Crippen molar-refractivity contribution in [3.8, 4) is 11.5 Å². The molecule has 2 aromatic carbocycles. The van der Waals surface area contributed by atoms with Crippen LogP contribution in [0.4, 0.5) is 0 Å². The highest BCUT2D eigenvalue weighted by atomic mass is 16.6. The maximum atomic E-state index is 12.9. The van der Waals surface area contributed by atoms with Crippen LogP contribution < -0.4 is 9.47 Å². The second-order valence-electron chi connectivity index (χ2n) is 6.50. The fourth-order valence-corrected chi connectivity index (χ4v) is 2.90. The lowest BCUT2D eigenvalue weighted by Crippen LogP contribution is -2.37. The van der Waals surface area contributed by atoms with Gasteiger partial charge in [0.1, 0.15) is 0 Å². The van der Waals surface area contributed by atoms with Crippen molar-refractivity contribution in [2.45, 2.75) is 26.9 Å². The Labute approximate surface area is 176 Å². The molecule has 160 valence electrons. The number of likely N-dealkylation sites (N-methyl/N-ethyl adjacent to an activating group) is 1. The number of Topliss-reactive ketones (excluding diaryl/α,β-unsaturated/α-hetero) is 1. The van der Waals surface area contributed by atoms with Crippen LogP contribution in [-0.4, -0.2) is 49.4 Å². The largest absolute Gasteiger partial charge is 0.493 e. The fraction of sp³-hybridized carbons (Fsp3) is 0.348. The molecule has 0 N–H and O–H groups in total. The Balaban J connectivity index is 2.13. The first kappa shape index (κ1) is 22.9. The van der Waals surface area contributed by atoms with Crippen molar-refractivity contribution in [2.24, 2.45) is 0 Å². The zero-order valence-corrected chi connectivity index (χ0v) is 17.7. The van der Waals surface area contributed by atoms with Gasteiger partial charge in [0.05, 0.1) is 7.11 Å². The molecule has 0 saturated carbocycles. The van der Waals surface area contributed by atoms with E-state index in [1.165, 1.54) is 14.0 Å². The molecule has 0 aliphatic heterocycles. The number of amides is 1. The number of hydrogen-bond donors (Lipinski definition) is 0. The minimum absolute atomic E-state index is 0.111. The molecule has 0 aliphatic carbocycles. The minimum atomic E-state index is -1.05. The normalized spacial score (nSPS) is 11.3. The fourth-order valence-electron chi connectivity index (χ4n) is 2.90. The second kappa shape index (κ2) is 11.0. The average Bonchev–Trinajstić information content (AvgIpc) is 2.77. The number of benzene rings is 2. The number of carbonyl (C=O) groups excluding carboxylic acids is 3. The highest BCUT2D eigenvalue weighted by molar-refractivity contribution is 5.94. The van der Waals surface area contributed by atoms with E-state index in [4.69, 9.17) is 14.2 Å². The van der Waals surface area contributed by atoms with Crippen LogP contribution in [0.15, 0.2) is 48.5 Å². The molecule has 0 aliphatic rings. The third-order valence-corrected chi connectivity index (χ3v) is 4.57. The summed E-state index contributed by atoms with van der Waals surface area (Å²) in [6.45, 7) is 5.78. The zero-order valence-electron chi connectivity index (χ0n) is 17.7. The summed E-state index contributed by atoms with van der Waals surface area (Å²) in [5.74, 6) is -0.468. The van der Waals surface area contributed by atoms with Gasteiger partial charge >= 0.3 is 5.97 Å². The quantitative estimate of drug-likeness (QED) is 0.438. The molecule has 2 rings (SSSR count). The molecule has 2 aromatic rings. The molecule has 7 nitrogen and oxygen atoms in total. The van der Waals surface area contributed by atoms with Crippen LogP contribution in [0.1, 0.15) is 42.8 Å². The molecule has 0 saturated heterocycles. The van der Waals surface area contributed by atoms with E-state index in [-0.39, 0.29) is 11.7 Å². The van der Waals surface area contributed by atoms with E-state index < -0.39 is 18.7 Å². The number of ketones is 1. The third kappa shape index (κ3) is 5.83. The van der Waals surface area contributed by atoms with Crippen molar-refractivity contribution < 1.29 is 28.6 Å². The summed E-state index contributed by atoms with van der Waals surface area (Å²) < 4.78 is 16.2. The Kier molecular flexibility index (Phi) is 8.41. The first-order valence-corrected chi connectivity index (χ1v) is 9.76. The molecular weight excluding hydrogens is 386 g/mol. The van der Waals surface area contributed by atoms with Gasteiger partial charge in [-0.3, -0.25) is 9.59 Å². The molecular formula is C23H27NO6. The second-order valence-corrected chi connectivity index (χ2v) is 6.50. The molecule has 0 unspecified atom stereocenters. The number of ether oxygens (including phenoxy) is 3. The summed E-state index contributed by atoms with van der Waals surface area (Å²) in [4.78, 5) is 38.5. The van der Waals surface area contributed by atoms with Gasteiger partial charge in [-0.2, -0.15) is 0 Å². The van der Waals surface area contributed by atoms with Crippen molar-refractivity contribution in [1.82, 2.24) is 4.90 Å². The van der Waals surface area contributed by atoms with Crippen molar-refractivity contribution in [3.05, 3.63) is 59.7 Å². The average molecular weight is 413 g/mol.